The number of nitrogen functional groups attached to an aromatic ring is 1. The van der Waals surface area contributed by atoms with Crippen molar-refractivity contribution in [1.29, 1.82) is 0 Å². The van der Waals surface area contributed by atoms with Gasteiger partial charge in [0, 0.05) is 17.5 Å². The quantitative estimate of drug-likeness (QED) is 0.559. The summed E-state index contributed by atoms with van der Waals surface area (Å²) in [6.07, 6.45) is 1.98. The van der Waals surface area contributed by atoms with E-state index in [1.54, 1.807) is 18.2 Å². The zero-order chi connectivity index (χ0) is 14.3. The standard InChI is InChI=1S/C13H12N4O3/c14-8-2-1-7-6-15-17(13(20)9(7)5-8)10-3-4-11(18)16-12(10)19/h1-2,5-6,10H,3-4,14H2,(H,16,18,19). The first-order chi connectivity index (χ1) is 9.56. The van der Waals surface area contributed by atoms with Gasteiger partial charge >= 0.3 is 0 Å². The van der Waals surface area contributed by atoms with Crippen LogP contribution in [0.1, 0.15) is 18.9 Å². The molecule has 0 bridgehead atoms. The van der Waals surface area contributed by atoms with Crippen LogP contribution in [-0.2, 0) is 9.59 Å². The highest BCUT2D eigenvalue weighted by atomic mass is 16.2. The lowest BCUT2D eigenvalue weighted by Gasteiger charge is -2.21. The molecule has 7 nitrogen and oxygen atoms in total. The van der Waals surface area contributed by atoms with Crippen LogP contribution in [0.4, 0.5) is 5.69 Å². The van der Waals surface area contributed by atoms with Crippen LogP contribution in [-0.4, -0.2) is 21.6 Å². The average molecular weight is 272 g/mol. The van der Waals surface area contributed by atoms with Crippen molar-refractivity contribution in [3.05, 3.63) is 34.7 Å². The first-order valence-electron chi connectivity index (χ1n) is 6.17. The van der Waals surface area contributed by atoms with Gasteiger partial charge in [-0.15, -0.1) is 0 Å². The highest BCUT2D eigenvalue weighted by molar-refractivity contribution is 5.99. The van der Waals surface area contributed by atoms with Crippen LogP contribution >= 0.6 is 0 Å². The van der Waals surface area contributed by atoms with Crippen molar-refractivity contribution in [3.63, 3.8) is 0 Å². The Labute approximate surface area is 113 Å². The molecule has 20 heavy (non-hydrogen) atoms. The van der Waals surface area contributed by atoms with Crippen molar-refractivity contribution in [2.24, 2.45) is 0 Å². The van der Waals surface area contributed by atoms with E-state index in [0.29, 0.717) is 16.5 Å². The molecule has 1 aliphatic rings. The van der Waals surface area contributed by atoms with Gasteiger partial charge in [0.25, 0.3) is 11.5 Å². The molecule has 3 N–H and O–H groups in total. The third-order valence-corrected chi connectivity index (χ3v) is 3.34. The van der Waals surface area contributed by atoms with Crippen molar-refractivity contribution < 1.29 is 9.59 Å². The normalized spacial score (nSPS) is 19.1. The van der Waals surface area contributed by atoms with Crippen LogP contribution in [0.25, 0.3) is 10.8 Å². The fourth-order valence-electron chi connectivity index (χ4n) is 2.31. The SMILES string of the molecule is Nc1ccc2cnn(C3CCC(=O)NC3=O)c(=O)c2c1. The van der Waals surface area contributed by atoms with E-state index in [1.807, 2.05) is 0 Å². The Kier molecular flexibility index (Phi) is 2.74. The lowest BCUT2D eigenvalue weighted by atomic mass is 10.1. The van der Waals surface area contributed by atoms with Gasteiger partial charge in [-0.25, -0.2) is 4.68 Å². The van der Waals surface area contributed by atoms with Gasteiger partial charge in [-0.2, -0.15) is 5.10 Å². The van der Waals surface area contributed by atoms with Crippen molar-refractivity contribution in [2.75, 3.05) is 5.73 Å². The number of carbonyl (C=O) groups excluding carboxylic acids is 2. The number of nitrogens with one attached hydrogen (secondary N) is 1. The Morgan fingerprint density at radius 3 is 2.85 bits per heavy atom. The number of anilines is 1. The Hall–Kier alpha value is -2.70. The number of rotatable bonds is 1. The van der Waals surface area contributed by atoms with Gasteiger partial charge in [0.1, 0.15) is 6.04 Å². The van der Waals surface area contributed by atoms with E-state index < -0.39 is 11.9 Å². The first-order valence-corrected chi connectivity index (χ1v) is 6.17. The fourth-order valence-corrected chi connectivity index (χ4v) is 2.31. The minimum atomic E-state index is -0.758. The second-order valence-electron chi connectivity index (χ2n) is 4.71. The summed E-state index contributed by atoms with van der Waals surface area (Å²) >= 11 is 0. The van der Waals surface area contributed by atoms with Gasteiger partial charge in [-0.1, -0.05) is 6.07 Å². The van der Waals surface area contributed by atoms with Crippen LogP contribution in [0.3, 0.4) is 0 Å². The predicted octanol–water partition coefficient (Wildman–Crippen LogP) is -0.0436. The van der Waals surface area contributed by atoms with Crippen LogP contribution in [0.2, 0.25) is 0 Å². The summed E-state index contributed by atoms with van der Waals surface area (Å²) in [7, 11) is 0. The van der Waals surface area contributed by atoms with E-state index in [-0.39, 0.29) is 24.3 Å². The number of hydrogen-bond acceptors (Lipinski definition) is 5. The molecule has 1 aromatic carbocycles. The Morgan fingerprint density at radius 2 is 2.10 bits per heavy atom. The molecule has 0 radical (unpaired) electrons. The van der Waals surface area contributed by atoms with Gasteiger partial charge in [0.15, 0.2) is 0 Å². The first kappa shape index (κ1) is 12.3. The maximum atomic E-state index is 12.4. The molecule has 2 amide bonds. The number of nitrogens with two attached hydrogens (primary N) is 1. The van der Waals surface area contributed by atoms with Crippen LogP contribution < -0.4 is 16.6 Å². The number of benzene rings is 1. The fraction of sp³-hybridized carbons (Fsp3) is 0.231. The third-order valence-electron chi connectivity index (χ3n) is 3.34. The van der Waals surface area contributed by atoms with Crippen molar-refractivity contribution >= 4 is 28.3 Å². The lowest BCUT2D eigenvalue weighted by molar-refractivity contribution is -0.136. The molecule has 0 aliphatic carbocycles. The molecule has 1 atom stereocenters. The minimum absolute atomic E-state index is 0.194. The van der Waals surface area contributed by atoms with Gasteiger partial charge in [-0.05, 0) is 18.6 Å². The largest absolute Gasteiger partial charge is 0.399 e. The van der Waals surface area contributed by atoms with Gasteiger partial charge in [0.2, 0.25) is 5.91 Å². The van der Waals surface area contributed by atoms with Crippen LogP contribution in [0.15, 0.2) is 29.2 Å². The zero-order valence-electron chi connectivity index (χ0n) is 10.5. The molecule has 3 rings (SSSR count). The number of fused-ring (bicyclic) bond motifs is 1. The Morgan fingerprint density at radius 1 is 1.30 bits per heavy atom. The summed E-state index contributed by atoms with van der Waals surface area (Å²) in [5.74, 6) is -0.830. The molecular formula is C13H12N4O3. The summed E-state index contributed by atoms with van der Waals surface area (Å²) < 4.78 is 1.11. The molecule has 0 spiro atoms. The van der Waals surface area contributed by atoms with Crippen LogP contribution in [0, 0.1) is 0 Å². The van der Waals surface area contributed by atoms with Crippen molar-refractivity contribution in [1.82, 2.24) is 15.1 Å². The second kappa shape index (κ2) is 4.44. The van der Waals surface area contributed by atoms with E-state index in [0.717, 1.165) is 4.68 Å². The number of nitrogens with zero attached hydrogens (tertiary/aromatic N) is 2. The maximum absolute atomic E-state index is 12.4. The number of aromatic nitrogens is 2. The van der Waals surface area contributed by atoms with E-state index in [4.69, 9.17) is 5.73 Å². The molecule has 0 saturated carbocycles. The highest BCUT2D eigenvalue weighted by Gasteiger charge is 2.29. The molecule has 7 heteroatoms. The molecular weight excluding hydrogens is 260 g/mol. The maximum Gasteiger partial charge on any atom is 0.275 e. The number of carbonyl (C=O) groups is 2. The van der Waals surface area contributed by atoms with Gasteiger partial charge < -0.3 is 5.73 Å². The van der Waals surface area contributed by atoms with E-state index in [1.165, 1.54) is 6.20 Å². The summed E-state index contributed by atoms with van der Waals surface area (Å²) in [4.78, 5) is 35.3. The smallest absolute Gasteiger partial charge is 0.275 e. The van der Waals surface area contributed by atoms with Crippen LogP contribution in [0.5, 0.6) is 0 Å². The average Bonchev–Trinajstić information content (AvgIpc) is 2.41. The van der Waals surface area contributed by atoms with E-state index >= 15 is 0 Å². The summed E-state index contributed by atoms with van der Waals surface area (Å²) in [5.41, 5.74) is 5.76. The second-order valence-corrected chi connectivity index (χ2v) is 4.71. The molecule has 1 saturated heterocycles. The summed E-state index contributed by atoms with van der Waals surface area (Å²) in [5, 5.41) is 7.31. The molecule has 1 fully saturated rings. The molecule has 2 heterocycles. The minimum Gasteiger partial charge on any atom is -0.399 e. The topological polar surface area (TPSA) is 107 Å². The van der Waals surface area contributed by atoms with Gasteiger partial charge in [0.05, 0.1) is 11.6 Å². The third kappa shape index (κ3) is 1.93. The lowest BCUT2D eigenvalue weighted by Crippen LogP contribution is -2.45. The van der Waals surface area contributed by atoms with Crippen molar-refractivity contribution in [3.8, 4) is 0 Å². The number of imide groups is 1. The van der Waals surface area contributed by atoms with E-state index in [9.17, 15) is 14.4 Å². The number of piperidine rings is 1. The molecule has 1 aliphatic heterocycles. The zero-order valence-corrected chi connectivity index (χ0v) is 10.5. The Balaban J connectivity index is 2.13. The molecule has 102 valence electrons. The Bertz CT molecular complexity index is 781. The van der Waals surface area contributed by atoms with Gasteiger partial charge in [-0.3, -0.25) is 19.7 Å². The molecule has 1 aromatic heterocycles. The predicted molar refractivity (Wildman–Crippen MR) is 71.8 cm³/mol. The number of amides is 2. The molecule has 2 aromatic rings. The number of hydrogen-bond donors (Lipinski definition) is 2. The van der Waals surface area contributed by atoms with Crippen molar-refractivity contribution in [2.45, 2.75) is 18.9 Å². The summed E-state index contributed by atoms with van der Waals surface area (Å²) in [6.45, 7) is 0. The molecule has 1 unspecified atom stereocenters. The summed E-state index contributed by atoms with van der Waals surface area (Å²) in [6, 6.07) is 4.18. The highest BCUT2D eigenvalue weighted by Crippen LogP contribution is 2.18. The van der Waals surface area contributed by atoms with E-state index in [2.05, 4.69) is 10.4 Å². The monoisotopic (exact) mass is 272 g/mol.